The maximum Gasteiger partial charge on any atom is 0.271 e. The van der Waals surface area contributed by atoms with Crippen molar-refractivity contribution in [2.45, 2.75) is 38.6 Å². The lowest BCUT2D eigenvalue weighted by Crippen LogP contribution is -2.50. The van der Waals surface area contributed by atoms with Gasteiger partial charge < -0.3 is 10.2 Å². The predicted octanol–water partition coefficient (Wildman–Crippen LogP) is 2.36. The molecule has 1 atom stereocenters. The number of amidine groups is 1. The summed E-state index contributed by atoms with van der Waals surface area (Å²) in [5.41, 5.74) is 1.41. The van der Waals surface area contributed by atoms with E-state index in [0.29, 0.717) is 5.56 Å². The highest BCUT2D eigenvalue weighted by atomic mass is 79.9. The summed E-state index contributed by atoms with van der Waals surface area (Å²) in [6.45, 7) is 6.53. The molecule has 132 valence electrons. The second-order valence-electron chi connectivity index (χ2n) is 6.09. The van der Waals surface area contributed by atoms with Gasteiger partial charge in [0, 0.05) is 29.9 Å². The summed E-state index contributed by atoms with van der Waals surface area (Å²) in [6.07, 6.45) is 0. The number of amides is 3. The molecule has 1 unspecified atom stereocenters. The molecule has 0 fully saturated rings. The van der Waals surface area contributed by atoms with Crippen LogP contribution in [0.2, 0.25) is 0 Å². The zero-order valence-corrected chi connectivity index (χ0v) is 16.6. The van der Waals surface area contributed by atoms with E-state index in [1.807, 2.05) is 32.0 Å². The van der Waals surface area contributed by atoms with E-state index in [1.165, 1.54) is 18.9 Å². The zero-order valence-electron chi connectivity index (χ0n) is 14.2. The van der Waals surface area contributed by atoms with Crippen molar-refractivity contribution in [2.24, 2.45) is 5.10 Å². The van der Waals surface area contributed by atoms with E-state index in [4.69, 9.17) is 0 Å². The van der Waals surface area contributed by atoms with E-state index >= 15 is 0 Å². The van der Waals surface area contributed by atoms with Gasteiger partial charge in [0.2, 0.25) is 16.7 Å². The highest BCUT2D eigenvalue weighted by Gasteiger charge is 2.61. The first-order valence-electron chi connectivity index (χ1n) is 7.68. The maximum absolute atomic E-state index is 13.4. The molecule has 1 N–H and O–H groups in total. The second-order valence-corrected chi connectivity index (χ2v) is 8.19. The molecule has 7 nitrogen and oxygen atoms in total. The van der Waals surface area contributed by atoms with Crippen LogP contribution in [0, 0.1) is 0 Å². The fraction of sp³-hybridized carbons (Fsp3) is 0.375. The van der Waals surface area contributed by atoms with Gasteiger partial charge in [-0.25, -0.2) is 0 Å². The van der Waals surface area contributed by atoms with Gasteiger partial charge in [-0.05, 0) is 43.8 Å². The van der Waals surface area contributed by atoms with Gasteiger partial charge in [-0.1, -0.05) is 15.9 Å². The molecule has 25 heavy (non-hydrogen) atoms. The van der Waals surface area contributed by atoms with E-state index in [0.717, 1.165) is 21.9 Å². The smallest absolute Gasteiger partial charge is 0.271 e. The summed E-state index contributed by atoms with van der Waals surface area (Å²) >= 11 is 4.51. The Morgan fingerprint density at radius 1 is 1.32 bits per heavy atom. The first-order chi connectivity index (χ1) is 11.7. The Morgan fingerprint density at radius 3 is 2.56 bits per heavy atom. The van der Waals surface area contributed by atoms with E-state index < -0.39 is 4.87 Å². The molecular weight excluding hydrogens is 408 g/mol. The molecule has 3 amide bonds. The van der Waals surface area contributed by atoms with Gasteiger partial charge in [0.1, 0.15) is 0 Å². The van der Waals surface area contributed by atoms with Crippen molar-refractivity contribution >= 4 is 56.3 Å². The summed E-state index contributed by atoms with van der Waals surface area (Å²) < 4.78 is 0.793. The van der Waals surface area contributed by atoms with Gasteiger partial charge in [0.15, 0.2) is 5.17 Å². The van der Waals surface area contributed by atoms with Crippen LogP contribution in [0.25, 0.3) is 0 Å². The van der Waals surface area contributed by atoms with E-state index in [2.05, 4.69) is 26.3 Å². The first-order valence-corrected chi connectivity index (χ1v) is 9.29. The minimum Gasteiger partial charge on any atom is -0.306 e. The quantitative estimate of drug-likeness (QED) is 0.749. The first kappa shape index (κ1) is 17.9. The van der Waals surface area contributed by atoms with Gasteiger partial charge >= 0.3 is 0 Å². The van der Waals surface area contributed by atoms with Crippen LogP contribution in [-0.4, -0.2) is 33.9 Å². The molecule has 3 rings (SSSR count). The molecule has 0 saturated carbocycles. The number of nitrogens with one attached hydrogen (secondary N) is 1. The van der Waals surface area contributed by atoms with Crippen LogP contribution in [0.4, 0.5) is 5.69 Å². The molecule has 1 aromatic carbocycles. The van der Waals surface area contributed by atoms with Crippen molar-refractivity contribution in [3.63, 3.8) is 0 Å². The number of carbonyl (C=O) groups excluding carboxylic acids is 3. The van der Waals surface area contributed by atoms with Crippen molar-refractivity contribution < 1.29 is 14.4 Å². The third-order valence-electron chi connectivity index (χ3n) is 3.92. The monoisotopic (exact) mass is 424 g/mol. The molecule has 0 radical (unpaired) electrons. The van der Waals surface area contributed by atoms with E-state index in [1.54, 1.807) is 4.90 Å². The molecule has 0 aromatic heterocycles. The highest BCUT2D eigenvalue weighted by molar-refractivity contribution is 9.10. The maximum atomic E-state index is 13.4. The number of hydrazone groups is 1. The van der Waals surface area contributed by atoms with Gasteiger partial charge in [0.05, 0.1) is 5.69 Å². The zero-order chi connectivity index (χ0) is 18.5. The van der Waals surface area contributed by atoms with Crippen LogP contribution in [0.1, 0.15) is 33.3 Å². The standard InChI is InChI=1S/C16H17BrN4O3S/c1-8(2)20-13-6-5-11(17)7-12(13)16(14(20)24)21(10(4)23)19-15(25-16)18-9(3)22/h5-8H,1-4H3,(H,18,19,22). The topological polar surface area (TPSA) is 82.1 Å². The minimum atomic E-state index is -1.34. The number of halogens is 1. The number of benzene rings is 1. The third-order valence-corrected chi connectivity index (χ3v) is 5.66. The number of carbonyl (C=O) groups is 3. The van der Waals surface area contributed by atoms with E-state index in [-0.39, 0.29) is 28.9 Å². The largest absolute Gasteiger partial charge is 0.306 e. The van der Waals surface area contributed by atoms with Crippen LogP contribution >= 0.6 is 27.7 Å². The molecule has 0 aliphatic carbocycles. The van der Waals surface area contributed by atoms with Crippen LogP contribution in [0.5, 0.6) is 0 Å². The Kier molecular flexibility index (Phi) is 4.40. The molecule has 1 aromatic rings. The lowest BCUT2D eigenvalue weighted by atomic mass is 10.1. The molecule has 2 aliphatic heterocycles. The van der Waals surface area contributed by atoms with Gasteiger partial charge in [-0.15, -0.1) is 5.10 Å². The number of hydrogen-bond acceptors (Lipinski definition) is 5. The Bertz CT molecular complexity index is 826. The van der Waals surface area contributed by atoms with Gasteiger partial charge in [0.25, 0.3) is 5.91 Å². The number of hydrogen-bond donors (Lipinski definition) is 1. The number of fused-ring (bicyclic) bond motifs is 2. The van der Waals surface area contributed by atoms with Gasteiger partial charge in [-0.2, -0.15) is 5.01 Å². The average Bonchev–Trinajstić information content (AvgIpc) is 2.98. The molecule has 1 spiro atoms. The summed E-state index contributed by atoms with van der Waals surface area (Å²) in [7, 11) is 0. The number of rotatable bonds is 1. The molecule has 2 aliphatic rings. The molecule has 2 heterocycles. The Hall–Kier alpha value is -1.87. The van der Waals surface area contributed by atoms with Crippen LogP contribution in [-0.2, 0) is 19.3 Å². The van der Waals surface area contributed by atoms with Crippen molar-refractivity contribution in [3.05, 3.63) is 28.2 Å². The third kappa shape index (κ3) is 2.65. The number of thioether (sulfide) groups is 1. The Balaban J connectivity index is 2.21. The molecular formula is C16H17BrN4O3S. The highest BCUT2D eigenvalue weighted by Crippen LogP contribution is 2.55. The second kappa shape index (κ2) is 6.14. The lowest BCUT2D eigenvalue weighted by Gasteiger charge is -2.30. The number of nitrogens with zero attached hydrogens (tertiary/aromatic N) is 3. The SMILES string of the molecule is CC(=O)NC1=NN(C(C)=O)C2(S1)C(=O)N(C(C)C)c1ccc(Br)cc12. The van der Waals surface area contributed by atoms with Crippen LogP contribution in [0.15, 0.2) is 27.8 Å². The van der Waals surface area contributed by atoms with Crippen LogP contribution in [0.3, 0.4) is 0 Å². The van der Waals surface area contributed by atoms with Crippen molar-refractivity contribution in [1.82, 2.24) is 10.3 Å². The van der Waals surface area contributed by atoms with Crippen molar-refractivity contribution in [3.8, 4) is 0 Å². The van der Waals surface area contributed by atoms with Gasteiger partial charge in [-0.3, -0.25) is 14.4 Å². The molecule has 0 bridgehead atoms. The summed E-state index contributed by atoms with van der Waals surface area (Å²) in [5, 5.41) is 8.18. The number of anilines is 1. The summed E-state index contributed by atoms with van der Waals surface area (Å²) in [5.74, 6) is -0.940. The lowest BCUT2D eigenvalue weighted by molar-refractivity contribution is -0.139. The van der Waals surface area contributed by atoms with E-state index in [9.17, 15) is 14.4 Å². The Morgan fingerprint density at radius 2 is 2.00 bits per heavy atom. The predicted molar refractivity (Wildman–Crippen MR) is 99.8 cm³/mol. The fourth-order valence-electron chi connectivity index (χ4n) is 3.05. The molecule has 9 heteroatoms. The van der Waals surface area contributed by atoms with Crippen LogP contribution < -0.4 is 10.2 Å². The summed E-state index contributed by atoms with van der Waals surface area (Å²) in [6, 6.07) is 5.44. The van der Waals surface area contributed by atoms with Crippen molar-refractivity contribution in [2.75, 3.05) is 4.90 Å². The summed E-state index contributed by atoms with van der Waals surface area (Å²) in [4.78, 5) is 37.4. The average molecular weight is 425 g/mol. The Labute approximate surface area is 157 Å². The molecule has 0 saturated heterocycles. The fourth-order valence-corrected chi connectivity index (χ4v) is 4.72. The normalized spacial score (nSPS) is 21.8. The van der Waals surface area contributed by atoms with Crippen molar-refractivity contribution in [1.29, 1.82) is 0 Å². The minimum absolute atomic E-state index is 0.0916.